The fourth-order valence-electron chi connectivity index (χ4n) is 4.00. The van der Waals surface area contributed by atoms with Crippen molar-refractivity contribution in [3.05, 3.63) is 84.4 Å². The first-order valence-electron chi connectivity index (χ1n) is 11.3. The minimum atomic E-state index is -4.04. The molecule has 8 nitrogen and oxygen atoms in total. The maximum absolute atomic E-state index is 13.5. The molecule has 1 aliphatic heterocycles. The van der Waals surface area contributed by atoms with Crippen LogP contribution in [0.5, 0.6) is 5.75 Å². The van der Waals surface area contributed by atoms with Crippen LogP contribution in [0, 0.1) is 0 Å². The topological polar surface area (TPSA) is 96.0 Å². The van der Waals surface area contributed by atoms with Gasteiger partial charge in [-0.25, -0.2) is 8.42 Å². The highest BCUT2D eigenvalue weighted by atomic mass is 32.2. The quantitative estimate of drug-likeness (QED) is 0.493. The summed E-state index contributed by atoms with van der Waals surface area (Å²) in [4.78, 5) is 26.8. The van der Waals surface area contributed by atoms with Crippen LogP contribution >= 0.6 is 0 Å². The van der Waals surface area contributed by atoms with Gasteiger partial charge in [-0.3, -0.25) is 13.9 Å². The molecule has 35 heavy (non-hydrogen) atoms. The molecule has 1 saturated heterocycles. The number of nitrogens with zero attached hydrogens (tertiary/aromatic N) is 2. The summed E-state index contributed by atoms with van der Waals surface area (Å²) in [5.41, 5.74) is 1.87. The SMILES string of the molecule is COc1ccccc1N(CC(=O)NCc1cccc(N2CCCC2=O)c1)S(=O)(=O)c1ccccc1. The Morgan fingerprint density at radius 2 is 1.77 bits per heavy atom. The van der Waals surface area contributed by atoms with Crippen LogP contribution in [-0.4, -0.2) is 40.4 Å². The van der Waals surface area contributed by atoms with Gasteiger partial charge in [-0.15, -0.1) is 0 Å². The smallest absolute Gasteiger partial charge is 0.264 e. The number of sulfonamides is 1. The Bertz CT molecular complexity index is 1310. The molecule has 9 heteroatoms. The molecule has 0 unspecified atom stereocenters. The van der Waals surface area contributed by atoms with Crippen LogP contribution in [0.1, 0.15) is 18.4 Å². The summed E-state index contributed by atoms with van der Waals surface area (Å²) in [7, 11) is -2.59. The second kappa shape index (κ2) is 10.6. The number of rotatable bonds is 9. The number of amides is 2. The van der Waals surface area contributed by atoms with Gasteiger partial charge in [0.15, 0.2) is 0 Å². The Labute approximate surface area is 205 Å². The zero-order valence-corrected chi connectivity index (χ0v) is 20.2. The van der Waals surface area contributed by atoms with E-state index in [1.54, 1.807) is 47.4 Å². The molecule has 1 heterocycles. The number of anilines is 2. The fourth-order valence-corrected chi connectivity index (χ4v) is 5.45. The van der Waals surface area contributed by atoms with Crippen molar-refractivity contribution >= 4 is 33.2 Å². The highest BCUT2D eigenvalue weighted by molar-refractivity contribution is 7.92. The summed E-state index contributed by atoms with van der Waals surface area (Å²) in [5, 5.41) is 2.80. The Morgan fingerprint density at radius 3 is 2.49 bits per heavy atom. The molecule has 0 atom stereocenters. The number of carbonyl (C=O) groups excluding carboxylic acids is 2. The number of benzene rings is 3. The van der Waals surface area contributed by atoms with Crippen molar-refractivity contribution in [3.63, 3.8) is 0 Å². The Morgan fingerprint density at radius 1 is 1.03 bits per heavy atom. The number of carbonyl (C=O) groups is 2. The van der Waals surface area contributed by atoms with Crippen molar-refractivity contribution in [2.45, 2.75) is 24.3 Å². The summed E-state index contributed by atoms with van der Waals surface area (Å²) < 4.78 is 33.4. The first-order chi connectivity index (χ1) is 16.9. The van der Waals surface area contributed by atoms with Crippen molar-refractivity contribution < 1.29 is 22.7 Å². The van der Waals surface area contributed by atoms with Crippen LogP contribution in [-0.2, 0) is 26.2 Å². The maximum atomic E-state index is 13.5. The number of para-hydroxylation sites is 2. The van der Waals surface area contributed by atoms with E-state index in [9.17, 15) is 18.0 Å². The number of hydrogen-bond donors (Lipinski definition) is 1. The minimum Gasteiger partial charge on any atom is -0.495 e. The van der Waals surface area contributed by atoms with E-state index < -0.39 is 22.5 Å². The van der Waals surface area contributed by atoms with Gasteiger partial charge in [0.25, 0.3) is 10.0 Å². The highest BCUT2D eigenvalue weighted by Gasteiger charge is 2.29. The molecule has 1 N–H and O–H groups in total. The molecule has 182 valence electrons. The zero-order valence-electron chi connectivity index (χ0n) is 19.4. The van der Waals surface area contributed by atoms with Crippen molar-refractivity contribution in [1.29, 1.82) is 0 Å². The summed E-state index contributed by atoms with van der Waals surface area (Å²) >= 11 is 0. The second-order valence-corrected chi connectivity index (χ2v) is 9.95. The minimum absolute atomic E-state index is 0.0710. The lowest BCUT2D eigenvalue weighted by atomic mass is 10.2. The molecule has 1 fully saturated rings. The Hall–Kier alpha value is -3.85. The van der Waals surface area contributed by atoms with Gasteiger partial charge < -0.3 is 15.0 Å². The molecule has 2 amide bonds. The first kappa shape index (κ1) is 24.3. The van der Waals surface area contributed by atoms with Gasteiger partial charge in [0.05, 0.1) is 17.7 Å². The molecule has 4 rings (SSSR count). The third kappa shape index (κ3) is 5.46. The predicted octanol–water partition coefficient (Wildman–Crippen LogP) is 3.33. The number of methoxy groups -OCH3 is 1. The normalized spacial score (nSPS) is 13.5. The van der Waals surface area contributed by atoms with Crippen LogP contribution in [0.3, 0.4) is 0 Å². The van der Waals surface area contributed by atoms with Gasteiger partial charge >= 0.3 is 0 Å². The van der Waals surface area contributed by atoms with Gasteiger partial charge in [-0.1, -0.05) is 42.5 Å². The lowest BCUT2D eigenvalue weighted by Crippen LogP contribution is -2.40. The van der Waals surface area contributed by atoms with E-state index >= 15 is 0 Å². The maximum Gasteiger partial charge on any atom is 0.264 e. The van der Waals surface area contributed by atoms with E-state index in [0.29, 0.717) is 18.7 Å². The largest absolute Gasteiger partial charge is 0.495 e. The molecule has 0 radical (unpaired) electrons. The molecule has 3 aromatic rings. The number of ether oxygens (including phenoxy) is 1. The molecule has 0 aromatic heterocycles. The van der Waals surface area contributed by atoms with Crippen LogP contribution in [0.4, 0.5) is 11.4 Å². The van der Waals surface area contributed by atoms with E-state index in [-0.39, 0.29) is 23.0 Å². The predicted molar refractivity (Wildman–Crippen MR) is 134 cm³/mol. The van der Waals surface area contributed by atoms with Crippen LogP contribution in [0.25, 0.3) is 0 Å². The van der Waals surface area contributed by atoms with Crippen molar-refractivity contribution in [1.82, 2.24) is 5.32 Å². The third-order valence-electron chi connectivity index (χ3n) is 5.76. The molecule has 3 aromatic carbocycles. The fraction of sp³-hybridized carbons (Fsp3) is 0.231. The summed E-state index contributed by atoms with van der Waals surface area (Å²) in [6.45, 7) is 0.446. The Kier molecular flexibility index (Phi) is 7.36. The number of hydrogen-bond acceptors (Lipinski definition) is 5. The van der Waals surface area contributed by atoms with Crippen LogP contribution < -0.4 is 19.3 Å². The van der Waals surface area contributed by atoms with Crippen LogP contribution in [0.2, 0.25) is 0 Å². The van der Waals surface area contributed by atoms with Gasteiger partial charge in [-0.2, -0.15) is 0 Å². The van der Waals surface area contributed by atoms with Crippen molar-refractivity contribution in [3.8, 4) is 5.75 Å². The van der Waals surface area contributed by atoms with Crippen molar-refractivity contribution in [2.24, 2.45) is 0 Å². The van der Waals surface area contributed by atoms with Gasteiger partial charge in [0, 0.05) is 25.2 Å². The monoisotopic (exact) mass is 493 g/mol. The molecular formula is C26H27N3O5S. The first-order valence-corrected chi connectivity index (χ1v) is 12.7. The summed E-state index contributed by atoms with van der Waals surface area (Å²) in [6, 6.07) is 22.0. The molecule has 0 saturated carbocycles. The molecule has 0 aliphatic carbocycles. The van der Waals surface area contributed by atoms with Gasteiger partial charge in [0.1, 0.15) is 12.3 Å². The van der Waals surface area contributed by atoms with Crippen LogP contribution in [0.15, 0.2) is 83.8 Å². The Balaban J connectivity index is 1.54. The average Bonchev–Trinajstić information content (AvgIpc) is 3.32. The second-order valence-electron chi connectivity index (χ2n) is 8.09. The summed E-state index contributed by atoms with van der Waals surface area (Å²) in [6.07, 6.45) is 1.37. The van der Waals surface area contributed by atoms with Crippen molar-refractivity contribution in [2.75, 3.05) is 29.4 Å². The zero-order chi connectivity index (χ0) is 24.8. The average molecular weight is 494 g/mol. The van der Waals surface area contributed by atoms with E-state index in [2.05, 4.69) is 5.32 Å². The number of nitrogens with one attached hydrogen (secondary N) is 1. The van der Waals surface area contributed by atoms with Gasteiger partial charge in [0.2, 0.25) is 11.8 Å². The standard InChI is InChI=1S/C26H27N3O5S/c1-34-24-14-6-5-13-23(24)29(35(32,33)22-11-3-2-4-12-22)19-25(30)27-18-20-9-7-10-21(17-20)28-16-8-15-26(28)31/h2-7,9-14,17H,8,15-16,18-19H2,1H3,(H,27,30). The lowest BCUT2D eigenvalue weighted by Gasteiger charge is -2.25. The summed E-state index contributed by atoms with van der Waals surface area (Å²) in [5.74, 6) is -0.0504. The van der Waals surface area contributed by atoms with Gasteiger partial charge in [-0.05, 0) is 48.4 Å². The molecular weight excluding hydrogens is 466 g/mol. The van der Waals surface area contributed by atoms with E-state index in [1.165, 1.54) is 19.2 Å². The van der Waals surface area contributed by atoms with E-state index in [0.717, 1.165) is 22.0 Å². The highest BCUT2D eigenvalue weighted by Crippen LogP contribution is 2.32. The molecule has 0 spiro atoms. The molecule has 1 aliphatic rings. The molecule has 0 bridgehead atoms. The van der Waals surface area contributed by atoms with E-state index in [1.807, 2.05) is 24.3 Å². The lowest BCUT2D eigenvalue weighted by molar-refractivity contribution is -0.120. The van der Waals surface area contributed by atoms with E-state index in [4.69, 9.17) is 4.74 Å². The third-order valence-corrected chi connectivity index (χ3v) is 7.53.